The molecule has 0 spiro atoms. The van der Waals surface area contributed by atoms with Gasteiger partial charge in [0.1, 0.15) is 0 Å². The van der Waals surface area contributed by atoms with Gasteiger partial charge in [0.25, 0.3) is 0 Å². The van der Waals surface area contributed by atoms with Crippen LogP contribution in [0.1, 0.15) is 233 Å². The molecule has 0 unspecified atom stereocenters. The number of quaternary nitrogens is 2. The summed E-state index contributed by atoms with van der Waals surface area (Å²) in [5, 5.41) is 0. The molecular weight excluding hydrogens is 706 g/mol. The van der Waals surface area contributed by atoms with Crippen LogP contribution in [-0.4, -0.2) is 86.7 Å². The first-order chi connectivity index (χ1) is 24.9. The van der Waals surface area contributed by atoms with Crippen LogP contribution >= 0.6 is 12.2 Å². The predicted molar refractivity (Wildman–Crippen MR) is 248 cm³/mol. The Morgan fingerprint density at radius 1 is 0.358 bits per heavy atom. The molecule has 0 N–H and O–H groups in total. The summed E-state index contributed by atoms with van der Waals surface area (Å²) in [5.41, 5.74) is 0. The van der Waals surface area contributed by atoms with Crippen LogP contribution in [0, 0.1) is 0 Å². The SMILES string of the molecule is CCCCCCCCCC[N+](C)(C)CCCCCCCCCC.CCCCCCCCCC[N+](C)(C)CCCCCCCCCC.CN(C)C(=S)[S-].[Cl-]. The molecule has 0 aliphatic carbocycles. The van der Waals surface area contributed by atoms with Crippen LogP contribution in [0.2, 0.25) is 0 Å². The van der Waals surface area contributed by atoms with Gasteiger partial charge in [-0.15, -0.1) is 0 Å². The van der Waals surface area contributed by atoms with Gasteiger partial charge in [-0.2, -0.15) is 0 Å². The van der Waals surface area contributed by atoms with E-state index < -0.39 is 0 Å². The van der Waals surface area contributed by atoms with E-state index in [0.29, 0.717) is 4.32 Å². The molecule has 0 aromatic carbocycles. The highest BCUT2D eigenvalue weighted by Crippen LogP contribution is 2.15. The molecular formula is C47H102ClN3S2. The second-order valence-electron chi connectivity index (χ2n) is 17.8. The maximum atomic E-state index is 4.56. The molecule has 0 saturated heterocycles. The molecule has 6 heteroatoms. The maximum absolute atomic E-state index is 4.56. The summed E-state index contributed by atoms with van der Waals surface area (Å²) in [7, 11) is 13.4. The van der Waals surface area contributed by atoms with Crippen molar-refractivity contribution in [2.75, 3.05) is 68.5 Å². The Balaban J connectivity index is -0.000000385. The van der Waals surface area contributed by atoms with Crippen LogP contribution in [0.25, 0.3) is 0 Å². The monoisotopic (exact) mass is 808 g/mol. The molecule has 0 aromatic heterocycles. The molecule has 0 amide bonds. The summed E-state index contributed by atoms with van der Waals surface area (Å²) in [6.07, 6.45) is 46.1. The van der Waals surface area contributed by atoms with Crippen LogP contribution in [0.4, 0.5) is 0 Å². The van der Waals surface area contributed by atoms with Crippen molar-refractivity contribution in [1.29, 1.82) is 0 Å². The Morgan fingerprint density at radius 2 is 0.491 bits per heavy atom. The topological polar surface area (TPSA) is 3.24 Å². The summed E-state index contributed by atoms with van der Waals surface area (Å²) in [4.78, 5) is 1.71. The first-order valence-electron chi connectivity index (χ1n) is 23.4. The van der Waals surface area contributed by atoms with Gasteiger partial charge in [-0.25, -0.2) is 0 Å². The lowest BCUT2D eigenvalue weighted by atomic mass is 10.1. The second-order valence-corrected chi connectivity index (χ2v) is 18.9. The van der Waals surface area contributed by atoms with Gasteiger partial charge in [0, 0.05) is 14.1 Å². The molecule has 0 heterocycles. The van der Waals surface area contributed by atoms with Crippen molar-refractivity contribution in [3.63, 3.8) is 0 Å². The molecule has 0 atom stereocenters. The third kappa shape index (κ3) is 56.7. The van der Waals surface area contributed by atoms with E-state index in [1.165, 1.54) is 241 Å². The molecule has 0 aromatic rings. The number of halogens is 1. The molecule has 0 rings (SSSR count). The lowest BCUT2D eigenvalue weighted by Gasteiger charge is -2.30. The number of rotatable bonds is 36. The van der Waals surface area contributed by atoms with Crippen molar-refractivity contribution in [2.45, 2.75) is 233 Å². The van der Waals surface area contributed by atoms with Crippen molar-refractivity contribution in [3.05, 3.63) is 0 Å². The fraction of sp³-hybridized carbons (Fsp3) is 0.979. The molecule has 0 radical (unpaired) electrons. The van der Waals surface area contributed by atoms with Gasteiger partial charge in [-0.3, -0.25) is 0 Å². The summed E-state index contributed by atoms with van der Waals surface area (Å²) < 4.78 is 2.99. The Bertz CT molecular complexity index is 595. The molecule has 0 aliphatic rings. The summed E-state index contributed by atoms with van der Waals surface area (Å²) in [6.45, 7) is 14.7. The Labute approximate surface area is 355 Å². The van der Waals surface area contributed by atoms with Gasteiger partial charge in [0.15, 0.2) is 0 Å². The number of hydrogen-bond acceptors (Lipinski definition) is 2. The average Bonchev–Trinajstić information content (AvgIpc) is 3.10. The van der Waals surface area contributed by atoms with Crippen LogP contribution in [0.5, 0.6) is 0 Å². The van der Waals surface area contributed by atoms with Crippen LogP contribution < -0.4 is 12.4 Å². The number of thiocarbonyl (C=S) groups is 1. The molecule has 0 saturated carbocycles. The van der Waals surface area contributed by atoms with Crippen molar-refractivity contribution in [3.8, 4) is 0 Å². The Morgan fingerprint density at radius 3 is 0.623 bits per heavy atom. The first kappa shape index (κ1) is 60.0. The van der Waals surface area contributed by atoms with Crippen LogP contribution in [0.15, 0.2) is 0 Å². The minimum absolute atomic E-state index is 0. The van der Waals surface area contributed by atoms with Gasteiger partial charge in [0.05, 0.1) is 54.4 Å². The van der Waals surface area contributed by atoms with E-state index in [9.17, 15) is 0 Å². The Hall–Kier alpha value is 0.320. The van der Waals surface area contributed by atoms with Gasteiger partial charge < -0.3 is 51.1 Å². The highest BCUT2D eigenvalue weighted by Gasteiger charge is 2.14. The van der Waals surface area contributed by atoms with Gasteiger partial charge in [0.2, 0.25) is 0 Å². The van der Waals surface area contributed by atoms with E-state index in [1.807, 2.05) is 14.1 Å². The van der Waals surface area contributed by atoms with Gasteiger partial charge >= 0.3 is 0 Å². The minimum atomic E-state index is 0. The molecule has 53 heavy (non-hydrogen) atoms. The third-order valence-corrected chi connectivity index (χ3v) is 11.6. The molecule has 324 valence electrons. The van der Waals surface area contributed by atoms with Crippen molar-refractivity contribution >= 4 is 29.2 Å². The fourth-order valence-electron chi connectivity index (χ4n) is 6.92. The van der Waals surface area contributed by atoms with Crippen LogP contribution in [0.3, 0.4) is 0 Å². The summed E-state index contributed by atoms with van der Waals surface area (Å²) >= 11 is 9.12. The lowest BCUT2D eigenvalue weighted by molar-refractivity contribution is -0.890. The molecule has 0 fully saturated rings. The first-order valence-corrected chi connectivity index (χ1v) is 24.2. The fourth-order valence-corrected chi connectivity index (χ4v) is 6.92. The smallest absolute Gasteiger partial charge is 0.0782 e. The van der Waals surface area contributed by atoms with E-state index in [0.717, 1.165) is 0 Å². The number of hydrogen-bond donors (Lipinski definition) is 0. The molecule has 3 nitrogen and oxygen atoms in total. The zero-order valence-electron chi connectivity index (χ0n) is 38.5. The summed E-state index contributed by atoms with van der Waals surface area (Å²) in [6, 6.07) is 0. The molecule has 0 bridgehead atoms. The highest BCUT2D eigenvalue weighted by molar-refractivity contribution is 8.00. The van der Waals surface area contributed by atoms with Crippen molar-refractivity contribution in [1.82, 2.24) is 4.90 Å². The van der Waals surface area contributed by atoms with Gasteiger partial charge in [-0.1, -0.05) is 186 Å². The van der Waals surface area contributed by atoms with Crippen molar-refractivity contribution in [2.24, 2.45) is 0 Å². The lowest BCUT2D eigenvalue weighted by Crippen LogP contribution is -3.00. The number of nitrogens with zero attached hydrogens (tertiary/aromatic N) is 3. The molecule has 0 aliphatic heterocycles. The quantitative estimate of drug-likeness (QED) is 0.0269. The van der Waals surface area contributed by atoms with E-state index in [-0.39, 0.29) is 12.4 Å². The van der Waals surface area contributed by atoms with E-state index >= 15 is 0 Å². The standard InChI is InChI=1S/2C22H48N.C3H7NS2.ClH/c2*1-5-7-9-11-13-15-17-19-21-23(3,4)22-20-18-16-14-12-10-8-6-2;1-4(2)3(5)6;/h2*5-22H2,1-4H3;1-2H3,(H,5,6);1H/q2*+1;;/p-2. The second kappa shape index (κ2) is 46.7. The minimum Gasteiger partial charge on any atom is -1.00 e. The van der Waals surface area contributed by atoms with E-state index in [4.69, 9.17) is 0 Å². The van der Waals surface area contributed by atoms with Crippen molar-refractivity contribution < 1.29 is 21.4 Å². The largest absolute Gasteiger partial charge is 1.00 e. The van der Waals surface area contributed by atoms with E-state index in [2.05, 4.69) is 80.7 Å². The van der Waals surface area contributed by atoms with Crippen LogP contribution in [-0.2, 0) is 12.6 Å². The van der Waals surface area contributed by atoms with Gasteiger partial charge in [-0.05, 0) is 51.4 Å². The zero-order chi connectivity index (χ0) is 39.6. The highest BCUT2D eigenvalue weighted by atomic mass is 35.5. The third-order valence-electron chi connectivity index (χ3n) is 10.8. The van der Waals surface area contributed by atoms with E-state index in [1.54, 1.807) is 4.90 Å². The average molecular weight is 809 g/mol. The summed E-state index contributed by atoms with van der Waals surface area (Å²) in [5.74, 6) is 0. The Kier molecular flexibility index (Phi) is 52.9. The zero-order valence-corrected chi connectivity index (χ0v) is 40.9. The predicted octanol–water partition coefficient (Wildman–Crippen LogP) is 12.1. The maximum Gasteiger partial charge on any atom is 0.0782 e. The number of unbranched alkanes of at least 4 members (excludes halogenated alkanes) is 28. The normalized spacial score (nSPS) is 11.3.